The van der Waals surface area contributed by atoms with Crippen molar-refractivity contribution >= 4 is 26.0 Å². The molecule has 0 aliphatic heterocycles. The first kappa shape index (κ1) is 12.5. The number of hydrogen-bond donors (Lipinski definition) is 2. The zero-order chi connectivity index (χ0) is 11.6. The third kappa shape index (κ3) is 2.70. The number of halogens is 1. The molecule has 1 aromatic rings. The number of aromatic hydroxyl groups is 1. The molecular weight excluding hydrogens is 284 g/mol. The van der Waals surface area contributed by atoms with Crippen LogP contribution in [0.1, 0.15) is 11.1 Å². The molecule has 0 unspecified atom stereocenters. The Hall–Kier alpha value is -0.590. The van der Waals surface area contributed by atoms with Gasteiger partial charge < -0.3 is 5.11 Å². The molecule has 1 rings (SSSR count). The van der Waals surface area contributed by atoms with Gasteiger partial charge in [-0.05, 0) is 25.0 Å². The van der Waals surface area contributed by atoms with E-state index in [2.05, 4.69) is 15.9 Å². The average molecular weight is 295 g/mol. The Labute approximate surface area is 96.8 Å². The molecule has 1 aromatic carbocycles. The minimum Gasteiger partial charge on any atom is -0.508 e. The molecule has 0 radical (unpaired) electrons. The zero-order valence-electron chi connectivity index (χ0n) is 8.07. The van der Waals surface area contributed by atoms with Crippen LogP contribution in [-0.2, 0) is 16.5 Å². The minimum absolute atomic E-state index is 0.138. The van der Waals surface area contributed by atoms with Crippen LogP contribution in [-0.4, -0.2) is 23.4 Å². The van der Waals surface area contributed by atoms with Crippen molar-refractivity contribution in [1.82, 2.24) is 0 Å². The van der Waals surface area contributed by atoms with Crippen LogP contribution in [0.5, 0.6) is 5.75 Å². The highest BCUT2D eigenvalue weighted by molar-refractivity contribution is 9.09. The lowest BCUT2D eigenvalue weighted by Crippen LogP contribution is -2.06. The molecule has 0 spiro atoms. The molecule has 84 valence electrons. The van der Waals surface area contributed by atoms with E-state index in [9.17, 15) is 13.5 Å². The SMILES string of the molecule is Cc1c(O)ccc(CCBr)c1S(=O)(=O)O. The van der Waals surface area contributed by atoms with Crippen LogP contribution in [0.2, 0.25) is 0 Å². The lowest BCUT2D eigenvalue weighted by Gasteiger charge is -2.10. The highest BCUT2D eigenvalue weighted by Crippen LogP contribution is 2.28. The van der Waals surface area contributed by atoms with Crippen LogP contribution in [0.15, 0.2) is 17.0 Å². The molecule has 0 aliphatic carbocycles. The quantitative estimate of drug-likeness (QED) is 0.659. The highest BCUT2D eigenvalue weighted by atomic mass is 79.9. The van der Waals surface area contributed by atoms with Crippen LogP contribution in [0.4, 0.5) is 0 Å². The van der Waals surface area contributed by atoms with E-state index in [4.69, 9.17) is 4.55 Å². The third-order valence-corrected chi connectivity index (χ3v) is 3.56. The fourth-order valence-electron chi connectivity index (χ4n) is 1.40. The Morgan fingerprint density at radius 3 is 2.47 bits per heavy atom. The van der Waals surface area contributed by atoms with Crippen LogP contribution >= 0.6 is 15.9 Å². The summed E-state index contributed by atoms with van der Waals surface area (Å²) in [5.74, 6) is -0.138. The molecule has 0 saturated carbocycles. The lowest BCUT2D eigenvalue weighted by molar-refractivity contribution is 0.460. The first-order valence-corrected chi connectivity index (χ1v) is 6.79. The van der Waals surface area contributed by atoms with E-state index in [0.717, 1.165) is 0 Å². The van der Waals surface area contributed by atoms with Gasteiger partial charge in [0.25, 0.3) is 10.1 Å². The van der Waals surface area contributed by atoms with E-state index in [0.29, 0.717) is 17.3 Å². The monoisotopic (exact) mass is 294 g/mol. The maximum Gasteiger partial charge on any atom is 0.295 e. The number of hydrogen-bond acceptors (Lipinski definition) is 3. The van der Waals surface area contributed by atoms with Crippen molar-refractivity contribution in [3.05, 3.63) is 23.3 Å². The molecule has 0 atom stereocenters. The van der Waals surface area contributed by atoms with E-state index < -0.39 is 10.1 Å². The highest BCUT2D eigenvalue weighted by Gasteiger charge is 2.20. The van der Waals surface area contributed by atoms with Gasteiger partial charge in [-0.25, -0.2) is 0 Å². The Bertz CT molecular complexity index is 467. The first-order chi connectivity index (χ1) is 6.88. The summed E-state index contributed by atoms with van der Waals surface area (Å²) in [6.07, 6.45) is 0.468. The minimum atomic E-state index is -4.29. The molecule has 15 heavy (non-hydrogen) atoms. The van der Waals surface area contributed by atoms with Gasteiger partial charge in [-0.2, -0.15) is 8.42 Å². The van der Waals surface area contributed by atoms with E-state index in [1.165, 1.54) is 19.1 Å². The first-order valence-electron chi connectivity index (χ1n) is 4.23. The summed E-state index contributed by atoms with van der Waals surface area (Å²) >= 11 is 3.19. The summed E-state index contributed by atoms with van der Waals surface area (Å²) in [4.78, 5) is -0.193. The molecule has 0 saturated heterocycles. The van der Waals surface area contributed by atoms with Crippen molar-refractivity contribution in [2.24, 2.45) is 0 Å². The fourth-order valence-corrected chi connectivity index (χ4v) is 2.82. The summed E-state index contributed by atoms with van der Waals surface area (Å²) in [5, 5.41) is 9.95. The van der Waals surface area contributed by atoms with Gasteiger partial charge in [-0.1, -0.05) is 22.0 Å². The van der Waals surface area contributed by atoms with Gasteiger partial charge in [0.2, 0.25) is 0 Å². The van der Waals surface area contributed by atoms with Gasteiger partial charge in [-0.15, -0.1) is 0 Å². The van der Waals surface area contributed by atoms with Crippen LogP contribution in [0.25, 0.3) is 0 Å². The summed E-state index contributed by atoms with van der Waals surface area (Å²) in [7, 11) is -4.29. The molecule has 0 aromatic heterocycles. The van der Waals surface area contributed by atoms with Crippen molar-refractivity contribution in [3.8, 4) is 5.75 Å². The second kappa shape index (κ2) is 4.51. The number of aryl methyl sites for hydroxylation is 1. The second-order valence-electron chi connectivity index (χ2n) is 3.11. The molecule has 4 nitrogen and oxygen atoms in total. The Morgan fingerprint density at radius 1 is 1.40 bits per heavy atom. The van der Waals surface area contributed by atoms with Gasteiger partial charge in [-0.3, -0.25) is 4.55 Å². The van der Waals surface area contributed by atoms with E-state index in [-0.39, 0.29) is 16.2 Å². The number of phenols is 1. The number of rotatable bonds is 3. The predicted molar refractivity (Wildman–Crippen MR) is 60.2 cm³/mol. The van der Waals surface area contributed by atoms with E-state index >= 15 is 0 Å². The van der Waals surface area contributed by atoms with Crippen molar-refractivity contribution in [2.75, 3.05) is 5.33 Å². The van der Waals surface area contributed by atoms with Gasteiger partial charge in [0, 0.05) is 10.9 Å². The second-order valence-corrected chi connectivity index (χ2v) is 5.26. The average Bonchev–Trinajstić information content (AvgIpc) is 2.10. The van der Waals surface area contributed by atoms with Crippen molar-refractivity contribution in [1.29, 1.82) is 0 Å². The maximum absolute atomic E-state index is 11.1. The molecule has 0 amide bonds. The van der Waals surface area contributed by atoms with Crippen molar-refractivity contribution < 1.29 is 18.1 Å². The maximum atomic E-state index is 11.1. The predicted octanol–water partition coefficient (Wildman–Crippen LogP) is 1.88. The van der Waals surface area contributed by atoms with Crippen LogP contribution < -0.4 is 0 Å². The summed E-state index contributed by atoms with van der Waals surface area (Å²) in [6.45, 7) is 1.45. The summed E-state index contributed by atoms with van der Waals surface area (Å²) in [5.41, 5.74) is 0.667. The lowest BCUT2D eigenvalue weighted by atomic mass is 10.1. The number of benzene rings is 1. The molecule has 6 heteroatoms. The van der Waals surface area contributed by atoms with Crippen LogP contribution in [0, 0.1) is 6.92 Å². The van der Waals surface area contributed by atoms with Crippen molar-refractivity contribution in [2.45, 2.75) is 18.2 Å². The Kier molecular flexibility index (Phi) is 3.75. The third-order valence-electron chi connectivity index (χ3n) is 2.08. The summed E-state index contributed by atoms with van der Waals surface area (Å²) < 4.78 is 31.3. The summed E-state index contributed by atoms with van der Waals surface area (Å²) in [6, 6.07) is 2.91. The van der Waals surface area contributed by atoms with E-state index in [1.807, 2.05) is 0 Å². The smallest absolute Gasteiger partial charge is 0.295 e. The Morgan fingerprint density at radius 2 is 2.00 bits per heavy atom. The normalized spacial score (nSPS) is 11.7. The molecule has 2 N–H and O–H groups in total. The molecule has 0 fully saturated rings. The largest absolute Gasteiger partial charge is 0.508 e. The fraction of sp³-hybridized carbons (Fsp3) is 0.333. The van der Waals surface area contributed by atoms with Crippen molar-refractivity contribution in [3.63, 3.8) is 0 Å². The molecule has 0 heterocycles. The zero-order valence-corrected chi connectivity index (χ0v) is 10.5. The topological polar surface area (TPSA) is 74.6 Å². The van der Waals surface area contributed by atoms with Gasteiger partial charge >= 0.3 is 0 Å². The standard InChI is InChI=1S/C9H11BrO4S/c1-6-8(11)3-2-7(4-5-10)9(6)15(12,13)14/h2-3,11H,4-5H2,1H3,(H,12,13,14). The van der Waals surface area contributed by atoms with E-state index in [1.54, 1.807) is 0 Å². The molecular formula is C9H11BrO4S. The van der Waals surface area contributed by atoms with Gasteiger partial charge in [0.15, 0.2) is 0 Å². The molecule has 0 aliphatic rings. The molecule has 0 bridgehead atoms. The number of alkyl halides is 1. The van der Waals surface area contributed by atoms with Gasteiger partial charge in [0.1, 0.15) is 10.6 Å². The van der Waals surface area contributed by atoms with Gasteiger partial charge in [0.05, 0.1) is 0 Å². The number of phenolic OH excluding ortho intramolecular Hbond substituents is 1. The Balaban J connectivity index is 3.49. The van der Waals surface area contributed by atoms with Crippen LogP contribution in [0.3, 0.4) is 0 Å².